The zero-order valence-corrected chi connectivity index (χ0v) is 11.6. The number of nitrogens with zero attached hydrogens (tertiary/aromatic N) is 3. The van der Waals surface area contributed by atoms with Crippen LogP contribution in [0.1, 0.15) is 34.5 Å². The topological polar surface area (TPSA) is 58.1 Å². The van der Waals surface area contributed by atoms with Crippen molar-refractivity contribution in [2.75, 3.05) is 5.32 Å². The van der Waals surface area contributed by atoms with Gasteiger partial charge < -0.3 is 5.32 Å². The first-order chi connectivity index (χ1) is 10.3. The lowest BCUT2D eigenvalue weighted by atomic mass is 10.1. The van der Waals surface area contributed by atoms with Gasteiger partial charge in [0.2, 0.25) is 0 Å². The van der Waals surface area contributed by atoms with E-state index < -0.39 is 0 Å². The predicted octanol–water partition coefficient (Wildman–Crippen LogP) is 2.21. The molecule has 0 spiro atoms. The quantitative estimate of drug-likeness (QED) is 0.936. The standard InChI is InChI=1S/C16H16N4O/c21-16(15-8-17-5-6-18-15)19-13-2-1-11-9-20(14-3-4-14)10-12(11)7-13/h1-2,5-8,14H,3-4,9-10H2,(H,19,21). The Hall–Kier alpha value is -2.27. The van der Waals surface area contributed by atoms with Gasteiger partial charge >= 0.3 is 0 Å². The van der Waals surface area contributed by atoms with Gasteiger partial charge in [-0.05, 0) is 36.1 Å². The van der Waals surface area contributed by atoms with Crippen molar-refractivity contribution in [1.82, 2.24) is 14.9 Å². The number of anilines is 1. The van der Waals surface area contributed by atoms with Crippen LogP contribution in [0.25, 0.3) is 0 Å². The third kappa shape index (κ3) is 2.52. The number of hydrogen-bond donors (Lipinski definition) is 1. The molecule has 106 valence electrons. The summed E-state index contributed by atoms with van der Waals surface area (Å²) in [4.78, 5) is 22.5. The van der Waals surface area contributed by atoms with Gasteiger partial charge in [-0.15, -0.1) is 0 Å². The van der Waals surface area contributed by atoms with E-state index in [0.717, 1.165) is 24.8 Å². The molecule has 1 aromatic carbocycles. The Balaban J connectivity index is 1.50. The lowest BCUT2D eigenvalue weighted by Crippen LogP contribution is -2.18. The molecule has 5 nitrogen and oxygen atoms in total. The number of carbonyl (C=O) groups is 1. The van der Waals surface area contributed by atoms with E-state index in [4.69, 9.17) is 0 Å². The van der Waals surface area contributed by atoms with E-state index in [-0.39, 0.29) is 5.91 Å². The number of hydrogen-bond acceptors (Lipinski definition) is 4. The second-order valence-corrected chi connectivity index (χ2v) is 5.66. The van der Waals surface area contributed by atoms with Crippen LogP contribution in [-0.2, 0) is 13.1 Å². The summed E-state index contributed by atoms with van der Waals surface area (Å²) in [6.45, 7) is 2.03. The van der Waals surface area contributed by atoms with Gasteiger partial charge in [0.05, 0.1) is 6.20 Å². The molecule has 1 N–H and O–H groups in total. The van der Waals surface area contributed by atoms with Gasteiger partial charge in [0.25, 0.3) is 5.91 Å². The summed E-state index contributed by atoms with van der Waals surface area (Å²) in [6, 6.07) is 6.93. The maximum atomic E-state index is 12.1. The van der Waals surface area contributed by atoms with Crippen LogP contribution in [-0.4, -0.2) is 26.8 Å². The van der Waals surface area contributed by atoms with Crippen molar-refractivity contribution < 1.29 is 4.79 Å². The van der Waals surface area contributed by atoms with E-state index in [1.54, 1.807) is 6.20 Å². The van der Waals surface area contributed by atoms with Crippen molar-refractivity contribution in [1.29, 1.82) is 0 Å². The molecular formula is C16H16N4O. The molecule has 1 amide bonds. The fourth-order valence-electron chi connectivity index (χ4n) is 2.81. The second kappa shape index (κ2) is 4.93. The summed E-state index contributed by atoms with van der Waals surface area (Å²) < 4.78 is 0. The number of nitrogens with one attached hydrogen (secondary N) is 1. The molecule has 0 bridgehead atoms. The molecular weight excluding hydrogens is 264 g/mol. The van der Waals surface area contributed by atoms with Gasteiger partial charge in [0, 0.05) is 37.2 Å². The molecule has 1 fully saturated rings. The molecule has 0 unspecified atom stereocenters. The third-order valence-corrected chi connectivity index (χ3v) is 4.07. The van der Waals surface area contributed by atoms with E-state index in [0.29, 0.717) is 5.69 Å². The Morgan fingerprint density at radius 2 is 2.05 bits per heavy atom. The van der Waals surface area contributed by atoms with Crippen LogP contribution in [0.15, 0.2) is 36.8 Å². The summed E-state index contributed by atoms with van der Waals surface area (Å²) >= 11 is 0. The largest absolute Gasteiger partial charge is 0.321 e. The molecule has 21 heavy (non-hydrogen) atoms. The summed E-state index contributed by atoms with van der Waals surface area (Å²) in [5.74, 6) is -0.222. The molecule has 4 rings (SSSR count). The van der Waals surface area contributed by atoms with Crippen molar-refractivity contribution in [2.45, 2.75) is 32.0 Å². The number of aromatic nitrogens is 2. The zero-order chi connectivity index (χ0) is 14.2. The lowest BCUT2D eigenvalue weighted by molar-refractivity contribution is 0.102. The fourth-order valence-corrected chi connectivity index (χ4v) is 2.81. The van der Waals surface area contributed by atoms with Crippen LogP contribution in [0.5, 0.6) is 0 Å². The summed E-state index contributed by atoms with van der Waals surface area (Å²) in [7, 11) is 0. The molecule has 1 aromatic heterocycles. The van der Waals surface area contributed by atoms with Crippen molar-refractivity contribution in [3.05, 3.63) is 53.6 Å². The summed E-state index contributed by atoms with van der Waals surface area (Å²) in [6.07, 6.45) is 7.19. The Bertz CT molecular complexity index is 682. The average molecular weight is 280 g/mol. The Labute approximate surface area is 123 Å². The number of rotatable bonds is 3. The normalized spacial score (nSPS) is 17.5. The van der Waals surface area contributed by atoms with Gasteiger partial charge in [0.15, 0.2) is 0 Å². The molecule has 0 radical (unpaired) electrons. The highest BCUT2D eigenvalue weighted by molar-refractivity contribution is 6.02. The Morgan fingerprint density at radius 1 is 1.19 bits per heavy atom. The SMILES string of the molecule is O=C(Nc1ccc2c(c1)CN(C1CC1)C2)c1cnccn1. The number of benzene rings is 1. The van der Waals surface area contributed by atoms with Crippen LogP contribution in [0.2, 0.25) is 0 Å². The van der Waals surface area contributed by atoms with Crippen molar-refractivity contribution in [3.63, 3.8) is 0 Å². The fraction of sp³-hybridized carbons (Fsp3) is 0.312. The van der Waals surface area contributed by atoms with Gasteiger partial charge in [-0.3, -0.25) is 14.7 Å². The van der Waals surface area contributed by atoms with Crippen LogP contribution in [0.3, 0.4) is 0 Å². The smallest absolute Gasteiger partial charge is 0.275 e. The van der Waals surface area contributed by atoms with Gasteiger partial charge in [-0.2, -0.15) is 0 Å². The highest BCUT2D eigenvalue weighted by Crippen LogP contribution is 2.35. The maximum Gasteiger partial charge on any atom is 0.275 e. The third-order valence-electron chi connectivity index (χ3n) is 4.07. The van der Waals surface area contributed by atoms with Crippen LogP contribution in [0.4, 0.5) is 5.69 Å². The first-order valence-electron chi connectivity index (χ1n) is 7.23. The van der Waals surface area contributed by atoms with E-state index in [9.17, 15) is 4.79 Å². The number of fused-ring (bicyclic) bond motifs is 1. The second-order valence-electron chi connectivity index (χ2n) is 5.66. The van der Waals surface area contributed by atoms with Crippen LogP contribution >= 0.6 is 0 Å². The van der Waals surface area contributed by atoms with Crippen LogP contribution < -0.4 is 5.32 Å². The minimum Gasteiger partial charge on any atom is -0.321 e. The minimum absolute atomic E-state index is 0.222. The van der Waals surface area contributed by atoms with Crippen molar-refractivity contribution in [3.8, 4) is 0 Å². The number of amides is 1. The number of carbonyl (C=O) groups excluding carboxylic acids is 1. The summed E-state index contributed by atoms with van der Waals surface area (Å²) in [5, 5.41) is 2.89. The lowest BCUT2D eigenvalue weighted by Gasteiger charge is -2.12. The first kappa shape index (κ1) is 12.5. The molecule has 1 aliphatic carbocycles. The zero-order valence-electron chi connectivity index (χ0n) is 11.6. The van der Waals surface area contributed by atoms with E-state index in [2.05, 4.69) is 32.3 Å². The van der Waals surface area contributed by atoms with Crippen molar-refractivity contribution in [2.24, 2.45) is 0 Å². The molecule has 1 aliphatic heterocycles. The molecule has 2 heterocycles. The van der Waals surface area contributed by atoms with Gasteiger partial charge in [-0.1, -0.05) is 6.07 Å². The average Bonchev–Trinajstić information content (AvgIpc) is 3.28. The molecule has 2 aromatic rings. The minimum atomic E-state index is -0.222. The molecule has 5 heteroatoms. The monoisotopic (exact) mass is 280 g/mol. The van der Waals surface area contributed by atoms with Crippen molar-refractivity contribution >= 4 is 11.6 Å². The van der Waals surface area contributed by atoms with E-state index >= 15 is 0 Å². The highest BCUT2D eigenvalue weighted by Gasteiger charge is 2.32. The maximum absolute atomic E-state index is 12.1. The van der Waals surface area contributed by atoms with E-state index in [1.165, 1.54) is 36.4 Å². The van der Waals surface area contributed by atoms with Crippen LogP contribution in [0, 0.1) is 0 Å². The molecule has 0 saturated heterocycles. The van der Waals surface area contributed by atoms with Gasteiger partial charge in [-0.25, -0.2) is 4.98 Å². The highest BCUT2D eigenvalue weighted by atomic mass is 16.1. The molecule has 1 saturated carbocycles. The Morgan fingerprint density at radius 3 is 2.81 bits per heavy atom. The predicted molar refractivity (Wildman–Crippen MR) is 78.7 cm³/mol. The Kier molecular flexibility index (Phi) is 2.93. The van der Waals surface area contributed by atoms with E-state index in [1.807, 2.05) is 6.07 Å². The van der Waals surface area contributed by atoms with Gasteiger partial charge in [0.1, 0.15) is 5.69 Å². The summed E-state index contributed by atoms with van der Waals surface area (Å²) in [5.41, 5.74) is 3.85. The first-order valence-corrected chi connectivity index (χ1v) is 7.23. The molecule has 0 atom stereocenters. The molecule has 2 aliphatic rings.